The molecule has 1 amide bonds. The Morgan fingerprint density at radius 3 is 2.68 bits per heavy atom. The van der Waals surface area contributed by atoms with Gasteiger partial charge in [0.25, 0.3) is 0 Å². The molecule has 1 fully saturated rings. The molecule has 2 aliphatic heterocycles. The van der Waals surface area contributed by atoms with E-state index >= 15 is 0 Å². The average Bonchev–Trinajstić information content (AvgIpc) is 2.80. The fourth-order valence-corrected chi connectivity index (χ4v) is 2.31. The highest BCUT2D eigenvalue weighted by Crippen LogP contribution is 2.35. The third kappa shape index (κ3) is 2.09. The second kappa shape index (κ2) is 4.46. The Kier molecular flexibility index (Phi) is 2.77. The van der Waals surface area contributed by atoms with Crippen LogP contribution in [0.5, 0.6) is 11.5 Å². The standard InChI is InChI=1S/C13H13NO5/c15-12-5-8(13(16)17)7-14(12)9-1-2-10-11(6-9)19-4-3-18-10/h1-2,6,8H,3-5,7H2,(H,16,17)/p-1/t8-/m0/s1. The van der Waals surface area contributed by atoms with Crippen LogP contribution in [-0.2, 0) is 9.59 Å². The number of carboxylic acids is 1. The van der Waals surface area contributed by atoms with Gasteiger partial charge in [-0.2, -0.15) is 0 Å². The zero-order valence-electron chi connectivity index (χ0n) is 10.1. The van der Waals surface area contributed by atoms with E-state index in [1.165, 1.54) is 4.90 Å². The van der Waals surface area contributed by atoms with Crippen molar-refractivity contribution in [2.24, 2.45) is 5.92 Å². The Morgan fingerprint density at radius 1 is 1.26 bits per heavy atom. The molecule has 0 bridgehead atoms. The summed E-state index contributed by atoms with van der Waals surface area (Å²) in [6.45, 7) is 1.11. The molecule has 1 atom stereocenters. The smallest absolute Gasteiger partial charge is 0.227 e. The molecule has 0 radical (unpaired) electrons. The van der Waals surface area contributed by atoms with Gasteiger partial charge in [-0.1, -0.05) is 0 Å². The molecule has 100 valence electrons. The van der Waals surface area contributed by atoms with Gasteiger partial charge in [-0.15, -0.1) is 0 Å². The molecule has 0 saturated carbocycles. The van der Waals surface area contributed by atoms with Crippen molar-refractivity contribution in [3.05, 3.63) is 18.2 Å². The summed E-state index contributed by atoms with van der Waals surface area (Å²) in [4.78, 5) is 24.1. The summed E-state index contributed by atoms with van der Waals surface area (Å²) in [6.07, 6.45) is -0.0171. The molecule has 0 unspecified atom stereocenters. The van der Waals surface area contributed by atoms with Gasteiger partial charge in [0, 0.05) is 36.6 Å². The first-order valence-electron chi connectivity index (χ1n) is 6.06. The summed E-state index contributed by atoms with van der Waals surface area (Å²) in [7, 11) is 0. The SMILES string of the molecule is O=C([O-])[C@H]1CC(=O)N(c2ccc3c(c2)OCCO3)C1. The third-order valence-electron chi connectivity index (χ3n) is 3.30. The highest BCUT2D eigenvalue weighted by molar-refractivity contribution is 5.99. The fraction of sp³-hybridized carbons (Fsp3) is 0.385. The zero-order chi connectivity index (χ0) is 13.4. The topological polar surface area (TPSA) is 78.9 Å². The lowest BCUT2D eigenvalue weighted by atomic mass is 10.1. The lowest BCUT2D eigenvalue weighted by Crippen LogP contribution is -2.33. The molecule has 0 aromatic heterocycles. The van der Waals surface area contributed by atoms with Gasteiger partial charge in [0.15, 0.2) is 11.5 Å². The molecule has 2 heterocycles. The van der Waals surface area contributed by atoms with Gasteiger partial charge < -0.3 is 24.3 Å². The number of hydrogen-bond donors (Lipinski definition) is 0. The highest BCUT2D eigenvalue weighted by Gasteiger charge is 2.31. The van der Waals surface area contributed by atoms with Gasteiger partial charge in [0.2, 0.25) is 5.91 Å². The summed E-state index contributed by atoms with van der Waals surface area (Å²) < 4.78 is 10.8. The largest absolute Gasteiger partial charge is 0.550 e. The van der Waals surface area contributed by atoms with Crippen molar-refractivity contribution in [1.82, 2.24) is 0 Å². The molecule has 0 spiro atoms. The van der Waals surface area contributed by atoms with Crippen molar-refractivity contribution >= 4 is 17.6 Å². The number of nitrogens with zero attached hydrogens (tertiary/aromatic N) is 1. The van der Waals surface area contributed by atoms with Gasteiger partial charge in [-0.25, -0.2) is 0 Å². The Bertz CT molecular complexity index is 542. The number of ether oxygens (including phenoxy) is 2. The predicted molar refractivity (Wildman–Crippen MR) is 62.9 cm³/mol. The minimum absolute atomic E-state index is 0.0171. The normalized spacial score (nSPS) is 21.6. The minimum Gasteiger partial charge on any atom is -0.550 e. The van der Waals surface area contributed by atoms with Crippen LogP contribution < -0.4 is 19.5 Å². The molecule has 1 aromatic carbocycles. The molecule has 0 aliphatic carbocycles. The van der Waals surface area contributed by atoms with Crippen LogP contribution in [0, 0.1) is 5.92 Å². The lowest BCUT2D eigenvalue weighted by molar-refractivity contribution is -0.310. The van der Waals surface area contributed by atoms with Crippen molar-refractivity contribution in [3.8, 4) is 11.5 Å². The number of rotatable bonds is 2. The molecular formula is C13H12NO5-. The second-order valence-electron chi connectivity index (χ2n) is 4.55. The Hall–Kier alpha value is -2.24. The maximum atomic E-state index is 11.8. The number of amides is 1. The number of fused-ring (bicyclic) bond motifs is 1. The number of carbonyl (C=O) groups excluding carboxylic acids is 2. The van der Waals surface area contributed by atoms with E-state index in [-0.39, 0.29) is 18.9 Å². The van der Waals surface area contributed by atoms with Gasteiger partial charge in [-0.05, 0) is 12.1 Å². The summed E-state index contributed by atoms with van der Waals surface area (Å²) in [5, 5.41) is 10.8. The van der Waals surface area contributed by atoms with Crippen LogP contribution in [0.1, 0.15) is 6.42 Å². The van der Waals surface area contributed by atoms with E-state index in [1.807, 2.05) is 0 Å². The zero-order valence-corrected chi connectivity index (χ0v) is 10.1. The average molecular weight is 262 g/mol. The van der Waals surface area contributed by atoms with E-state index < -0.39 is 11.9 Å². The number of anilines is 1. The highest BCUT2D eigenvalue weighted by atomic mass is 16.6. The van der Waals surface area contributed by atoms with Crippen LogP contribution >= 0.6 is 0 Å². The van der Waals surface area contributed by atoms with Crippen LogP contribution in [0.4, 0.5) is 5.69 Å². The predicted octanol–water partition coefficient (Wildman–Crippen LogP) is -0.439. The molecule has 6 nitrogen and oxygen atoms in total. The van der Waals surface area contributed by atoms with Crippen molar-refractivity contribution in [2.45, 2.75) is 6.42 Å². The van der Waals surface area contributed by atoms with E-state index in [2.05, 4.69) is 0 Å². The molecule has 1 aromatic rings. The number of carboxylic acid groups (broad SMARTS) is 1. The maximum Gasteiger partial charge on any atom is 0.227 e. The first-order valence-corrected chi connectivity index (χ1v) is 6.06. The molecule has 6 heteroatoms. The van der Waals surface area contributed by atoms with Gasteiger partial charge in [0.1, 0.15) is 13.2 Å². The Balaban J connectivity index is 1.86. The number of carbonyl (C=O) groups is 2. The quantitative estimate of drug-likeness (QED) is 0.722. The third-order valence-corrected chi connectivity index (χ3v) is 3.30. The summed E-state index contributed by atoms with van der Waals surface area (Å²) in [5.74, 6) is -0.938. The van der Waals surface area contributed by atoms with Crippen molar-refractivity contribution in [1.29, 1.82) is 0 Å². The molecule has 2 aliphatic rings. The number of benzene rings is 1. The monoisotopic (exact) mass is 262 g/mol. The Morgan fingerprint density at radius 2 is 2.00 bits per heavy atom. The van der Waals surface area contributed by atoms with E-state index in [4.69, 9.17) is 9.47 Å². The molecule has 0 N–H and O–H groups in total. The van der Waals surface area contributed by atoms with Crippen LogP contribution in [0.3, 0.4) is 0 Å². The van der Waals surface area contributed by atoms with Crippen LogP contribution in [0.2, 0.25) is 0 Å². The van der Waals surface area contributed by atoms with Crippen molar-refractivity contribution in [3.63, 3.8) is 0 Å². The van der Waals surface area contributed by atoms with Crippen LogP contribution in [-0.4, -0.2) is 31.6 Å². The van der Waals surface area contributed by atoms with E-state index in [9.17, 15) is 14.7 Å². The summed E-state index contributed by atoms with van der Waals surface area (Å²) in [6, 6.07) is 5.15. The number of aliphatic carboxylic acids is 1. The van der Waals surface area contributed by atoms with Gasteiger partial charge in [-0.3, -0.25) is 4.79 Å². The molecule has 1 saturated heterocycles. The van der Waals surface area contributed by atoms with E-state index in [1.54, 1.807) is 18.2 Å². The molecule has 19 heavy (non-hydrogen) atoms. The molecule has 3 rings (SSSR count). The number of hydrogen-bond acceptors (Lipinski definition) is 5. The van der Waals surface area contributed by atoms with Gasteiger partial charge in [0.05, 0.1) is 0 Å². The Labute approximate surface area is 109 Å². The maximum absolute atomic E-state index is 11.8. The first-order chi connectivity index (χ1) is 9.15. The van der Waals surface area contributed by atoms with Gasteiger partial charge >= 0.3 is 0 Å². The minimum atomic E-state index is -1.19. The second-order valence-corrected chi connectivity index (χ2v) is 4.55. The van der Waals surface area contributed by atoms with E-state index in [0.29, 0.717) is 30.4 Å². The summed E-state index contributed by atoms with van der Waals surface area (Å²) >= 11 is 0. The van der Waals surface area contributed by atoms with E-state index in [0.717, 1.165) is 0 Å². The first kappa shape index (κ1) is 11.8. The summed E-state index contributed by atoms with van der Waals surface area (Å²) in [5.41, 5.74) is 0.623. The lowest BCUT2D eigenvalue weighted by Gasteiger charge is -2.22. The van der Waals surface area contributed by atoms with Crippen molar-refractivity contribution in [2.75, 3.05) is 24.7 Å². The van der Waals surface area contributed by atoms with Crippen molar-refractivity contribution < 1.29 is 24.2 Å². The fourth-order valence-electron chi connectivity index (χ4n) is 2.31. The van der Waals surface area contributed by atoms with Crippen LogP contribution in [0.15, 0.2) is 18.2 Å². The van der Waals surface area contributed by atoms with Crippen LogP contribution in [0.25, 0.3) is 0 Å². The molecular weight excluding hydrogens is 250 g/mol.